The van der Waals surface area contributed by atoms with Crippen molar-refractivity contribution < 1.29 is 0 Å². The van der Waals surface area contributed by atoms with Crippen molar-refractivity contribution in [1.29, 1.82) is 0 Å². The van der Waals surface area contributed by atoms with Gasteiger partial charge >= 0.3 is 0 Å². The molecular formula is C11H18N2S. The van der Waals surface area contributed by atoms with E-state index in [0.717, 1.165) is 17.1 Å². The van der Waals surface area contributed by atoms with Gasteiger partial charge in [-0.3, -0.25) is 0 Å². The van der Waals surface area contributed by atoms with E-state index in [4.69, 9.17) is 5.73 Å². The highest BCUT2D eigenvalue weighted by Gasteiger charge is 2.04. The molecule has 0 aliphatic carbocycles. The zero-order valence-corrected chi connectivity index (χ0v) is 9.90. The van der Waals surface area contributed by atoms with Crippen LogP contribution in [-0.4, -0.2) is 10.2 Å². The molecule has 0 aliphatic heterocycles. The second-order valence-electron chi connectivity index (χ2n) is 3.50. The summed E-state index contributed by atoms with van der Waals surface area (Å²) in [6.45, 7) is 7.02. The smallest absolute Gasteiger partial charge is 0.0968 e. The van der Waals surface area contributed by atoms with Gasteiger partial charge in [0.05, 0.1) is 5.03 Å². The molecular weight excluding hydrogens is 192 g/mol. The van der Waals surface area contributed by atoms with Crippen molar-refractivity contribution in [2.24, 2.45) is 5.73 Å². The van der Waals surface area contributed by atoms with E-state index in [9.17, 15) is 0 Å². The molecule has 1 aromatic rings. The van der Waals surface area contributed by atoms with Gasteiger partial charge in [0.25, 0.3) is 0 Å². The SMILES string of the molecule is CCC(C)Sc1cc(CN)cc(C)n1. The van der Waals surface area contributed by atoms with E-state index in [2.05, 4.69) is 24.9 Å². The average Bonchev–Trinajstić information content (AvgIpc) is 2.16. The van der Waals surface area contributed by atoms with Crippen LogP contribution in [0.4, 0.5) is 0 Å². The number of hydrogen-bond acceptors (Lipinski definition) is 3. The lowest BCUT2D eigenvalue weighted by Crippen LogP contribution is -2.00. The summed E-state index contributed by atoms with van der Waals surface area (Å²) in [4.78, 5) is 4.48. The molecule has 1 rings (SSSR count). The van der Waals surface area contributed by atoms with Gasteiger partial charge < -0.3 is 5.73 Å². The van der Waals surface area contributed by atoms with Gasteiger partial charge in [0.15, 0.2) is 0 Å². The van der Waals surface area contributed by atoms with Crippen LogP contribution in [0.25, 0.3) is 0 Å². The van der Waals surface area contributed by atoms with E-state index in [1.54, 1.807) is 0 Å². The molecule has 3 heteroatoms. The second kappa shape index (κ2) is 5.37. The molecule has 1 heterocycles. The fourth-order valence-corrected chi connectivity index (χ4v) is 2.17. The molecule has 0 bridgehead atoms. The average molecular weight is 210 g/mol. The first-order valence-electron chi connectivity index (χ1n) is 5.00. The molecule has 0 spiro atoms. The van der Waals surface area contributed by atoms with Crippen molar-refractivity contribution in [3.05, 3.63) is 23.4 Å². The summed E-state index contributed by atoms with van der Waals surface area (Å²) in [6, 6.07) is 4.13. The van der Waals surface area contributed by atoms with Crippen molar-refractivity contribution >= 4 is 11.8 Å². The molecule has 1 atom stereocenters. The third kappa shape index (κ3) is 3.31. The predicted molar refractivity (Wildman–Crippen MR) is 62.5 cm³/mol. The number of hydrogen-bond donors (Lipinski definition) is 1. The normalized spacial score (nSPS) is 12.9. The van der Waals surface area contributed by atoms with Crippen molar-refractivity contribution in [1.82, 2.24) is 4.98 Å². The lowest BCUT2D eigenvalue weighted by molar-refractivity contribution is 0.896. The van der Waals surface area contributed by atoms with Gasteiger partial charge in [-0.15, -0.1) is 11.8 Å². The summed E-state index contributed by atoms with van der Waals surface area (Å²) >= 11 is 1.82. The summed E-state index contributed by atoms with van der Waals surface area (Å²) in [7, 11) is 0. The van der Waals surface area contributed by atoms with Gasteiger partial charge in [-0.05, 0) is 31.0 Å². The molecule has 0 aromatic carbocycles. The van der Waals surface area contributed by atoms with E-state index in [-0.39, 0.29) is 0 Å². The van der Waals surface area contributed by atoms with Crippen molar-refractivity contribution in [3.8, 4) is 0 Å². The van der Waals surface area contributed by atoms with Gasteiger partial charge in [-0.25, -0.2) is 4.98 Å². The zero-order valence-electron chi connectivity index (χ0n) is 9.08. The third-order valence-corrected chi connectivity index (χ3v) is 3.31. The van der Waals surface area contributed by atoms with E-state index in [1.165, 1.54) is 5.56 Å². The van der Waals surface area contributed by atoms with Crippen molar-refractivity contribution in [3.63, 3.8) is 0 Å². The Morgan fingerprint density at radius 1 is 1.50 bits per heavy atom. The minimum Gasteiger partial charge on any atom is -0.326 e. The monoisotopic (exact) mass is 210 g/mol. The van der Waals surface area contributed by atoms with Crippen LogP contribution in [0.3, 0.4) is 0 Å². The molecule has 0 saturated heterocycles. The highest BCUT2D eigenvalue weighted by molar-refractivity contribution is 7.99. The minimum absolute atomic E-state index is 0.595. The predicted octanol–water partition coefficient (Wildman–Crippen LogP) is 2.74. The Kier molecular flexibility index (Phi) is 4.42. The van der Waals surface area contributed by atoms with E-state index < -0.39 is 0 Å². The molecule has 0 amide bonds. The van der Waals surface area contributed by atoms with Crippen LogP contribution in [0.15, 0.2) is 17.2 Å². The first kappa shape index (κ1) is 11.5. The van der Waals surface area contributed by atoms with Crippen LogP contribution in [0.5, 0.6) is 0 Å². The standard InChI is InChI=1S/C11H18N2S/c1-4-9(3)14-11-6-10(7-12)5-8(2)13-11/h5-6,9H,4,7,12H2,1-3H3. The van der Waals surface area contributed by atoms with Crippen LogP contribution in [-0.2, 0) is 6.54 Å². The van der Waals surface area contributed by atoms with E-state index >= 15 is 0 Å². The number of rotatable bonds is 4. The van der Waals surface area contributed by atoms with Gasteiger partial charge in [-0.1, -0.05) is 13.8 Å². The van der Waals surface area contributed by atoms with Crippen LogP contribution in [0.2, 0.25) is 0 Å². The van der Waals surface area contributed by atoms with Crippen LogP contribution < -0.4 is 5.73 Å². The number of nitrogens with two attached hydrogens (primary N) is 1. The number of aromatic nitrogens is 1. The summed E-state index contributed by atoms with van der Waals surface area (Å²) in [5, 5.41) is 1.72. The summed E-state index contributed by atoms with van der Waals surface area (Å²) in [5.74, 6) is 0. The Morgan fingerprint density at radius 3 is 2.79 bits per heavy atom. The summed E-state index contributed by atoms with van der Waals surface area (Å²) < 4.78 is 0. The maximum atomic E-state index is 5.61. The number of aryl methyl sites for hydroxylation is 1. The Bertz CT molecular complexity index is 299. The molecule has 2 N–H and O–H groups in total. The molecule has 2 nitrogen and oxygen atoms in total. The second-order valence-corrected chi connectivity index (χ2v) is 4.95. The van der Waals surface area contributed by atoms with Crippen molar-refractivity contribution in [2.75, 3.05) is 0 Å². The van der Waals surface area contributed by atoms with Gasteiger partial charge in [0.1, 0.15) is 0 Å². The molecule has 1 aromatic heterocycles. The molecule has 0 saturated carbocycles. The Balaban J connectivity index is 2.81. The fraction of sp³-hybridized carbons (Fsp3) is 0.545. The van der Waals surface area contributed by atoms with E-state index in [1.807, 2.05) is 24.8 Å². The highest BCUT2D eigenvalue weighted by atomic mass is 32.2. The van der Waals surface area contributed by atoms with Gasteiger partial charge in [-0.2, -0.15) is 0 Å². The Labute approximate surface area is 90.3 Å². The molecule has 0 aliphatic rings. The van der Waals surface area contributed by atoms with Gasteiger partial charge in [0, 0.05) is 17.5 Å². The topological polar surface area (TPSA) is 38.9 Å². The van der Waals surface area contributed by atoms with E-state index in [0.29, 0.717) is 11.8 Å². The maximum Gasteiger partial charge on any atom is 0.0968 e. The van der Waals surface area contributed by atoms with Crippen LogP contribution >= 0.6 is 11.8 Å². The summed E-state index contributed by atoms with van der Waals surface area (Å²) in [6.07, 6.45) is 1.16. The first-order valence-corrected chi connectivity index (χ1v) is 5.88. The lowest BCUT2D eigenvalue weighted by Gasteiger charge is -2.09. The minimum atomic E-state index is 0.595. The quantitative estimate of drug-likeness (QED) is 0.777. The molecule has 78 valence electrons. The Morgan fingerprint density at radius 2 is 2.21 bits per heavy atom. The zero-order chi connectivity index (χ0) is 10.6. The number of thioether (sulfide) groups is 1. The maximum absolute atomic E-state index is 5.61. The lowest BCUT2D eigenvalue weighted by atomic mass is 10.2. The number of nitrogens with zero attached hydrogens (tertiary/aromatic N) is 1. The van der Waals surface area contributed by atoms with Crippen LogP contribution in [0, 0.1) is 6.92 Å². The first-order chi connectivity index (χ1) is 6.65. The number of pyridine rings is 1. The van der Waals surface area contributed by atoms with Crippen LogP contribution in [0.1, 0.15) is 31.5 Å². The molecule has 1 unspecified atom stereocenters. The Hall–Kier alpha value is -0.540. The summed E-state index contributed by atoms with van der Waals surface area (Å²) in [5.41, 5.74) is 7.84. The highest BCUT2D eigenvalue weighted by Crippen LogP contribution is 2.24. The molecule has 0 radical (unpaired) electrons. The van der Waals surface area contributed by atoms with Crippen molar-refractivity contribution in [2.45, 2.75) is 44.0 Å². The molecule has 14 heavy (non-hydrogen) atoms. The fourth-order valence-electron chi connectivity index (χ4n) is 1.17. The van der Waals surface area contributed by atoms with Gasteiger partial charge in [0.2, 0.25) is 0 Å². The largest absolute Gasteiger partial charge is 0.326 e. The third-order valence-electron chi connectivity index (χ3n) is 2.12. The molecule has 0 fully saturated rings.